The van der Waals surface area contributed by atoms with Gasteiger partial charge in [0.05, 0.1) is 27.5 Å². The summed E-state index contributed by atoms with van der Waals surface area (Å²) in [5, 5.41) is 7.72. The van der Waals surface area contributed by atoms with Gasteiger partial charge in [0.15, 0.2) is 23.7 Å². The second-order valence-electron chi connectivity index (χ2n) is 7.56. The molecule has 0 amide bonds. The van der Waals surface area contributed by atoms with E-state index >= 15 is 0 Å². The average Bonchev–Trinajstić information content (AvgIpc) is 3.52. The quantitative estimate of drug-likeness (QED) is 0.481. The van der Waals surface area contributed by atoms with Crippen molar-refractivity contribution in [1.29, 1.82) is 0 Å². The van der Waals surface area contributed by atoms with Crippen LogP contribution in [0.1, 0.15) is 22.4 Å². The number of ether oxygens (including phenoxy) is 3. The summed E-state index contributed by atoms with van der Waals surface area (Å²) >= 11 is 0. The highest BCUT2D eigenvalue weighted by Gasteiger charge is 2.40. The Kier molecular flexibility index (Phi) is 4.93. The van der Waals surface area contributed by atoms with Crippen molar-refractivity contribution in [2.75, 3.05) is 21.3 Å². The number of benzene rings is 2. The van der Waals surface area contributed by atoms with Gasteiger partial charge >= 0.3 is 0 Å². The van der Waals surface area contributed by atoms with Crippen LogP contribution in [0.25, 0.3) is 17.5 Å². The first kappa shape index (κ1) is 19.9. The highest BCUT2D eigenvalue weighted by molar-refractivity contribution is 5.75. The van der Waals surface area contributed by atoms with Crippen LogP contribution >= 0.6 is 0 Å². The molecule has 0 saturated heterocycles. The molecule has 4 aromatic rings. The van der Waals surface area contributed by atoms with Gasteiger partial charge in [0.2, 0.25) is 5.75 Å². The fourth-order valence-corrected chi connectivity index (χ4v) is 4.51. The fraction of sp³-hybridized carbons (Fsp3) is 0.200. The average molecular weight is 429 g/mol. The summed E-state index contributed by atoms with van der Waals surface area (Å²) in [4.78, 5) is 4.02. The molecule has 0 bridgehead atoms. The molecule has 7 heteroatoms. The van der Waals surface area contributed by atoms with Crippen molar-refractivity contribution in [1.82, 2.24) is 15.2 Å². The van der Waals surface area contributed by atoms with Gasteiger partial charge in [-0.3, -0.25) is 5.10 Å². The number of nitrogens with one attached hydrogen (secondary N) is 1. The Hall–Kier alpha value is -4.00. The minimum absolute atomic E-state index is 0.510. The maximum absolute atomic E-state index is 5.87. The third-order valence-electron chi connectivity index (χ3n) is 6.01. The monoisotopic (exact) mass is 429 g/mol. The van der Waals surface area contributed by atoms with E-state index in [1.54, 1.807) is 27.5 Å². The molecule has 1 N–H and O–H groups in total. The molecule has 1 atom stereocenters. The van der Waals surface area contributed by atoms with Gasteiger partial charge in [-0.1, -0.05) is 48.6 Å². The molecule has 0 saturated carbocycles. The van der Waals surface area contributed by atoms with Crippen LogP contribution in [0.4, 0.5) is 0 Å². The lowest BCUT2D eigenvalue weighted by atomic mass is 9.68. The lowest BCUT2D eigenvalue weighted by Crippen LogP contribution is -2.31. The first-order chi connectivity index (χ1) is 15.7. The van der Waals surface area contributed by atoms with E-state index in [2.05, 4.69) is 39.5 Å². The standard InChI is InChI=1S/C25H23N3O4/c1-29-20-10-9-18(23(30-2)24(20)31-3)25(16-7-5-4-6-8-16)12-11-17-19(13-25)27-28-22(17)21-14-26-15-32-21/h4-12,14-15H,13H2,1-3H3,(H,27,28). The lowest BCUT2D eigenvalue weighted by molar-refractivity contribution is 0.319. The summed E-state index contributed by atoms with van der Waals surface area (Å²) in [7, 11) is 4.88. The number of aromatic nitrogens is 3. The van der Waals surface area contributed by atoms with Crippen LogP contribution < -0.4 is 14.2 Å². The smallest absolute Gasteiger partial charge is 0.203 e. The molecule has 1 unspecified atom stereocenters. The fourth-order valence-electron chi connectivity index (χ4n) is 4.51. The van der Waals surface area contributed by atoms with Crippen molar-refractivity contribution in [3.63, 3.8) is 0 Å². The molecular weight excluding hydrogens is 406 g/mol. The Bertz CT molecular complexity index is 1260. The van der Waals surface area contributed by atoms with E-state index in [0.717, 1.165) is 28.1 Å². The molecule has 2 aromatic carbocycles. The molecule has 32 heavy (non-hydrogen) atoms. The van der Waals surface area contributed by atoms with E-state index in [-0.39, 0.29) is 0 Å². The van der Waals surface area contributed by atoms with Crippen molar-refractivity contribution >= 4 is 6.08 Å². The second-order valence-corrected chi connectivity index (χ2v) is 7.56. The topological polar surface area (TPSA) is 82.4 Å². The van der Waals surface area contributed by atoms with Crippen LogP contribution in [-0.4, -0.2) is 36.5 Å². The SMILES string of the molecule is COc1ccc(C2(c3ccccc3)C=Cc3c(-c4cnco4)n[nH]c3C2)c(OC)c1OC. The van der Waals surface area contributed by atoms with Crippen LogP contribution in [0.5, 0.6) is 17.2 Å². The molecule has 162 valence electrons. The third kappa shape index (κ3) is 2.97. The maximum Gasteiger partial charge on any atom is 0.203 e. The summed E-state index contributed by atoms with van der Waals surface area (Å²) in [6.07, 6.45) is 8.01. The molecule has 2 aromatic heterocycles. The minimum Gasteiger partial charge on any atom is -0.493 e. The number of rotatable bonds is 6. The van der Waals surface area contributed by atoms with E-state index < -0.39 is 5.41 Å². The van der Waals surface area contributed by atoms with E-state index in [9.17, 15) is 0 Å². The molecule has 1 aliphatic carbocycles. The Morgan fingerprint density at radius 1 is 0.969 bits per heavy atom. The van der Waals surface area contributed by atoms with Crippen molar-refractivity contribution in [2.45, 2.75) is 11.8 Å². The Balaban J connectivity index is 1.73. The van der Waals surface area contributed by atoms with Crippen molar-refractivity contribution in [2.24, 2.45) is 0 Å². The minimum atomic E-state index is -0.510. The number of fused-ring (bicyclic) bond motifs is 1. The third-order valence-corrected chi connectivity index (χ3v) is 6.01. The van der Waals surface area contributed by atoms with Gasteiger partial charge < -0.3 is 18.6 Å². The zero-order valence-electron chi connectivity index (χ0n) is 18.1. The molecule has 2 heterocycles. The predicted molar refractivity (Wildman–Crippen MR) is 120 cm³/mol. The predicted octanol–water partition coefficient (Wildman–Crippen LogP) is 4.65. The summed E-state index contributed by atoms with van der Waals surface area (Å²) in [6.45, 7) is 0. The summed E-state index contributed by atoms with van der Waals surface area (Å²) < 4.78 is 22.5. The van der Waals surface area contributed by atoms with Crippen LogP contribution in [0.15, 0.2) is 65.5 Å². The van der Waals surface area contributed by atoms with Gasteiger partial charge in [0.25, 0.3) is 0 Å². The van der Waals surface area contributed by atoms with Gasteiger partial charge in [-0.05, 0) is 11.6 Å². The van der Waals surface area contributed by atoms with Crippen LogP contribution in [-0.2, 0) is 11.8 Å². The highest BCUT2D eigenvalue weighted by atomic mass is 16.5. The molecular formula is C25H23N3O4. The largest absolute Gasteiger partial charge is 0.493 e. The highest BCUT2D eigenvalue weighted by Crippen LogP contribution is 2.50. The molecule has 0 fully saturated rings. The van der Waals surface area contributed by atoms with E-state index in [4.69, 9.17) is 18.6 Å². The van der Waals surface area contributed by atoms with Crippen LogP contribution in [0.3, 0.4) is 0 Å². The molecule has 0 spiro atoms. The van der Waals surface area contributed by atoms with Gasteiger partial charge in [-0.2, -0.15) is 5.10 Å². The zero-order chi connectivity index (χ0) is 22.1. The number of nitrogens with zero attached hydrogens (tertiary/aromatic N) is 2. The number of oxazole rings is 1. The van der Waals surface area contributed by atoms with Crippen LogP contribution in [0, 0.1) is 0 Å². The van der Waals surface area contributed by atoms with Gasteiger partial charge in [-0.15, -0.1) is 0 Å². The van der Waals surface area contributed by atoms with Crippen molar-refractivity contribution in [3.8, 4) is 28.7 Å². The first-order valence-corrected chi connectivity index (χ1v) is 10.2. The Morgan fingerprint density at radius 3 is 2.47 bits per heavy atom. The number of hydrogen-bond acceptors (Lipinski definition) is 6. The number of allylic oxidation sites excluding steroid dienone is 1. The van der Waals surface area contributed by atoms with Gasteiger partial charge in [0.1, 0.15) is 5.69 Å². The van der Waals surface area contributed by atoms with Gasteiger partial charge in [0, 0.05) is 28.7 Å². The number of hydrogen-bond donors (Lipinski definition) is 1. The van der Waals surface area contributed by atoms with E-state index in [0.29, 0.717) is 29.4 Å². The maximum atomic E-state index is 5.87. The summed E-state index contributed by atoms with van der Waals surface area (Å²) in [6, 6.07) is 14.3. The number of aromatic amines is 1. The molecule has 5 rings (SSSR count). The summed E-state index contributed by atoms with van der Waals surface area (Å²) in [5.74, 6) is 2.45. The van der Waals surface area contributed by atoms with Crippen molar-refractivity contribution < 1.29 is 18.6 Å². The second kappa shape index (κ2) is 7.92. The summed E-state index contributed by atoms with van der Waals surface area (Å²) in [5.41, 5.74) is 4.33. The van der Waals surface area contributed by atoms with E-state index in [1.807, 2.05) is 30.3 Å². The molecule has 0 radical (unpaired) electrons. The molecule has 0 aliphatic heterocycles. The normalized spacial score (nSPS) is 17.1. The van der Waals surface area contributed by atoms with E-state index in [1.165, 1.54) is 6.39 Å². The molecule has 1 aliphatic rings. The molecule has 7 nitrogen and oxygen atoms in total. The lowest BCUT2D eigenvalue weighted by Gasteiger charge is -2.36. The van der Waals surface area contributed by atoms with Crippen molar-refractivity contribution in [3.05, 3.63) is 83.5 Å². The Labute approximate surface area is 185 Å². The zero-order valence-corrected chi connectivity index (χ0v) is 18.1. The Morgan fingerprint density at radius 2 is 1.78 bits per heavy atom. The first-order valence-electron chi connectivity index (χ1n) is 10.2. The van der Waals surface area contributed by atoms with Crippen LogP contribution in [0.2, 0.25) is 0 Å². The number of H-pyrrole nitrogens is 1. The van der Waals surface area contributed by atoms with Gasteiger partial charge in [-0.25, -0.2) is 4.98 Å². The number of methoxy groups -OCH3 is 3.